The molecule has 0 atom stereocenters. The van der Waals surface area contributed by atoms with Gasteiger partial charge in [0.15, 0.2) is 0 Å². The van der Waals surface area contributed by atoms with Crippen LogP contribution in [0.25, 0.3) is 0 Å². The number of benzene rings is 2. The summed E-state index contributed by atoms with van der Waals surface area (Å²) in [5, 5.41) is 12.3. The Balaban J connectivity index is 2.26. The van der Waals surface area contributed by atoms with Crippen LogP contribution in [0, 0.1) is 11.3 Å². The highest BCUT2D eigenvalue weighted by atomic mass is 16.5. The van der Waals surface area contributed by atoms with Gasteiger partial charge in [-0.3, -0.25) is 0 Å². The lowest BCUT2D eigenvalue weighted by Crippen LogP contribution is -2.05. The molecule has 0 aliphatic carbocycles. The molecule has 0 saturated heterocycles. The van der Waals surface area contributed by atoms with Gasteiger partial charge in [-0.2, -0.15) is 5.26 Å². The smallest absolute Gasteiger partial charge is 0.145 e. The molecule has 2 aromatic carbocycles. The van der Waals surface area contributed by atoms with Crippen molar-refractivity contribution in [3.63, 3.8) is 0 Å². The molecule has 0 aromatic heterocycles. The molecule has 0 bridgehead atoms. The second-order valence-electron chi connectivity index (χ2n) is 4.58. The second-order valence-corrected chi connectivity index (χ2v) is 4.58. The minimum Gasteiger partial charge on any atom is -0.456 e. The molecular weight excluding hydrogens is 248 g/mol. The maximum atomic E-state index is 9.24. The number of nitrogens with one attached hydrogen (secondary N) is 1. The molecule has 0 aliphatic heterocycles. The molecule has 102 valence electrons. The third-order valence-electron chi connectivity index (χ3n) is 3.08. The van der Waals surface area contributed by atoms with E-state index in [1.807, 2.05) is 43.4 Å². The fourth-order valence-electron chi connectivity index (χ4n) is 2.02. The third-order valence-corrected chi connectivity index (χ3v) is 3.08. The van der Waals surface area contributed by atoms with E-state index in [0.29, 0.717) is 11.3 Å². The van der Waals surface area contributed by atoms with E-state index >= 15 is 0 Å². The zero-order valence-electron chi connectivity index (χ0n) is 11.8. The number of nitrogens with zero attached hydrogens (tertiary/aromatic N) is 1. The van der Waals surface area contributed by atoms with Crippen LogP contribution < -0.4 is 10.1 Å². The van der Waals surface area contributed by atoms with Crippen LogP contribution in [0.15, 0.2) is 42.5 Å². The minimum atomic E-state index is 0.555. The van der Waals surface area contributed by atoms with Gasteiger partial charge in [-0.1, -0.05) is 25.1 Å². The molecule has 2 rings (SSSR count). The van der Waals surface area contributed by atoms with Gasteiger partial charge >= 0.3 is 0 Å². The zero-order valence-corrected chi connectivity index (χ0v) is 11.8. The predicted molar refractivity (Wildman–Crippen MR) is 79.8 cm³/mol. The number of aryl methyl sites for hydroxylation is 1. The molecule has 0 fully saturated rings. The highest BCUT2D eigenvalue weighted by Gasteiger charge is 2.06. The van der Waals surface area contributed by atoms with Crippen LogP contribution in [0.3, 0.4) is 0 Å². The van der Waals surface area contributed by atoms with Crippen LogP contribution in [0.4, 0.5) is 0 Å². The van der Waals surface area contributed by atoms with Crippen molar-refractivity contribution in [3.8, 4) is 17.6 Å². The van der Waals surface area contributed by atoms with E-state index in [4.69, 9.17) is 4.74 Å². The van der Waals surface area contributed by atoms with E-state index < -0.39 is 0 Å². The molecular formula is C17H18N2O. The Kier molecular flexibility index (Phi) is 4.75. The number of rotatable bonds is 5. The van der Waals surface area contributed by atoms with Gasteiger partial charge < -0.3 is 10.1 Å². The molecule has 0 radical (unpaired) electrons. The molecule has 1 N–H and O–H groups in total. The Labute approximate surface area is 119 Å². The lowest BCUT2D eigenvalue weighted by molar-refractivity contribution is 0.480. The van der Waals surface area contributed by atoms with Crippen molar-refractivity contribution in [1.29, 1.82) is 5.26 Å². The number of nitriles is 1. The summed E-state index contributed by atoms with van der Waals surface area (Å²) in [5.41, 5.74) is 2.84. The Bertz CT molecular complexity index is 629. The van der Waals surface area contributed by atoms with Crippen LogP contribution in [-0.2, 0) is 13.0 Å². The lowest BCUT2D eigenvalue weighted by atomic mass is 10.1. The number of ether oxygens (including phenoxy) is 1. The molecule has 20 heavy (non-hydrogen) atoms. The first-order chi connectivity index (χ1) is 9.76. The fourth-order valence-corrected chi connectivity index (χ4v) is 2.02. The first kappa shape index (κ1) is 14.1. The maximum absolute atomic E-state index is 9.24. The van der Waals surface area contributed by atoms with Crippen molar-refractivity contribution < 1.29 is 4.74 Å². The Hall–Kier alpha value is -2.31. The minimum absolute atomic E-state index is 0.555. The van der Waals surface area contributed by atoms with Gasteiger partial charge in [-0.25, -0.2) is 0 Å². The molecule has 0 unspecified atom stereocenters. The van der Waals surface area contributed by atoms with Crippen molar-refractivity contribution in [2.24, 2.45) is 0 Å². The zero-order chi connectivity index (χ0) is 14.4. The van der Waals surface area contributed by atoms with E-state index in [1.54, 1.807) is 0 Å². The van der Waals surface area contributed by atoms with E-state index in [1.165, 1.54) is 5.56 Å². The molecule has 3 nitrogen and oxygen atoms in total. The molecule has 0 saturated carbocycles. The summed E-state index contributed by atoms with van der Waals surface area (Å²) in [5.74, 6) is 1.36. The average molecular weight is 266 g/mol. The first-order valence-corrected chi connectivity index (χ1v) is 6.71. The fraction of sp³-hybridized carbons (Fsp3) is 0.235. The monoisotopic (exact) mass is 266 g/mol. The van der Waals surface area contributed by atoms with Gasteiger partial charge in [0.1, 0.15) is 17.6 Å². The second kappa shape index (κ2) is 6.74. The summed E-state index contributed by atoms with van der Waals surface area (Å²) in [6, 6.07) is 15.8. The van der Waals surface area contributed by atoms with Crippen LogP contribution in [0.2, 0.25) is 0 Å². The van der Waals surface area contributed by atoms with Gasteiger partial charge in [0.25, 0.3) is 0 Å². The van der Waals surface area contributed by atoms with Crippen molar-refractivity contribution in [2.75, 3.05) is 7.05 Å². The summed E-state index contributed by atoms with van der Waals surface area (Å²) in [6.07, 6.45) is 0.962. The average Bonchev–Trinajstić information content (AvgIpc) is 2.49. The SMILES string of the molecule is CCc1cccc(Oc2ccc(CNC)cc2C#N)c1. The number of hydrogen-bond donors (Lipinski definition) is 1. The molecule has 2 aromatic rings. The van der Waals surface area contributed by atoms with Crippen molar-refractivity contribution in [3.05, 3.63) is 59.2 Å². The highest BCUT2D eigenvalue weighted by molar-refractivity contribution is 5.47. The molecule has 0 amide bonds. The van der Waals surface area contributed by atoms with Crippen LogP contribution in [-0.4, -0.2) is 7.05 Å². The van der Waals surface area contributed by atoms with Crippen molar-refractivity contribution >= 4 is 0 Å². The number of hydrogen-bond acceptors (Lipinski definition) is 3. The largest absolute Gasteiger partial charge is 0.456 e. The summed E-state index contributed by atoms with van der Waals surface area (Å²) in [6.45, 7) is 2.84. The quantitative estimate of drug-likeness (QED) is 0.898. The van der Waals surface area contributed by atoms with Crippen LogP contribution >= 0.6 is 0 Å². The molecule has 0 spiro atoms. The van der Waals surface area contributed by atoms with E-state index in [2.05, 4.69) is 24.4 Å². The topological polar surface area (TPSA) is 45.0 Å². The van der Waals surface area contributed by atoms with Gasteiger partial charge in [0.2, 0.25) is 0 Å². The Morgan fingerprint density at radius 3 is 2.70 bits per heavy atom. The summed E-state index contributed by atoms with van der Waals surface area (Å²) < 4.78 is 5.83. The van der Waals surface area contributed by atoms with Crippen molar-refractivity contribution in [1.82, 2.24) is 5.32 Å². The lowest BCUT2D eigenvalue weighted by Gasteiger charge is -2.10. The maximum Gasteiger partial charge on any atom is 0.145 e. The predicted octanol–water partition coefficient (Wildman–Crippen LogP) is 3.63. The molecule has 3 heteroatoms. The van der Waals surface area contributed by atoms with E-state index in [-0.39, 0.29) is 0 Å². The van der Waals surface area contributed by atoms with Crippen LogP contribution in [0.5, 0.6) is 11.5 Å². The summed E-state index contributed by atoms with van der Waals surface area (Å²) in [4.78, 5) is 0. The van der Waals surface area contributed by atoms with E-state index in [0.717, 1.165) is 24.3 Å². The Morgan fingerprint density at radius 1 is 1.15 bits per heavy atom. The van der Waals surface area contributed by atoms with Crippen molar-refractivity contribution in [2.45, 2.75) is 19.9 Å². The first-order valence-electron chi connectivity index (χ1n) is 6.71. The van der Waals surface area contributed by atoms with E-state index in [9.17, 15) is 5.26 Å². The summed E-state index contributed by atoms with van der Waals surface area (Å²) >= 11 is 0. The molecule has 0 heterocycles. The highest BCUT2D eigenvalue weighted by Crippen LogP contribution is 2.26. The summed E-state index contributed by atoms with van der Waals surface area (Å²) in [7, 11) is 1.88. The van der Waals surface area contributed by atoms with Gasteiger partial charge in [-0.05, 0) is 48.9 Å². The molecule has 0 aliphatic rings. The third kappa shape index (κ3) is 3.37. The normalized spacial score (nSPS) is 10.1. The standard InChI is InChI=1S/C17H18N2O/c1-3-13-5-4-6-16(10-13)20-17-8-7-14(12-19-2)9-15(17)11-18/h4-10,19H,3,12H2,1-2H3. The Morgan fingerprint density at radius 2 is 2.00 bits per heavy atom. The van der Waals surface area contributed by atoms with Crippen LogP contribution in [0.1, 0.15) is 23.6 Å². The van der Waals surface area contributed by atoms with Gasteiger partial charge in [0, 0.05) is 6.54 Å². The van der Waals surface area contributed by atoms with Gasteiger partial charge in [0.05, 0.1) is 5.56 Å². The van der Waals surface area contributed by atoms with Gasteiger partial charge in [-0.15, -0.1) is 0 Å².